The second kappa shape index (κ2) is 6.89. The number of aryl methyl sites for hydroxylation is 2. The fourth-order valence-corrected chi connectivity index (χ4v) is 2.15. The lowest BCUT2D eigenvalue weighted by atomic mass is 10.1. The summed E-state index contributed by atoms with van der Waals surface area (Å²) in [7, 11) is 1.87. The number of amides is 1. The van der Waals surface area contributed by atoms with E-state index >= 15 is 0 Å². The molecule has 0 fully saturated rings. The fourth-order valence-electron chi connectivity index (χ4n) is 2.15. The van der Waals surface area contributed by atoms with Gasteiger partial charge in [-0.1, -0.05) is 24.3 Å². The van der Waals surface area contributed by atoms with Crippen molar-refractivity contribution in [1.82, 2.24) is 14.5 Å². The van der Waals surface area contributed by atoms with Crippen LogP contribution in [0.5, 0.6) is 0 Å². The number of hydrogen-bond acceptors (Lipinski definition) is 2. The van der Waals surface area contributed by atoms with E-state index in [4.69, 9.17) is 0 Å². The number of rotatable bonds is 6. The van der Waals surface area contributed by atoms with Gasteiger partial charge in [0.25, 0.3) is 0 Å². The van der Waals surface area contributed by atoms with Crippen molar-refractivity contribution in [3.63, 3.8) is 0 Å². The number of aromatic nitrogens is 2. The molecule has 2 aromatic rings. The van der Waals surface area contributed by atoms with Gasteiger partial charge in [-0.3, -0.25) is 4.79 Å². The molecule has 106 valence electrons. The van der Waals surface area contributed by atoms with Gasteiger partial charge >= 0.3 is 0 Å². The molecule has 0 saturated heterocycles. The zero-order valence-corrected chi connectivity index (χ0v) is 12.1. The molecule has 0 aliphatic rings. The molecule has 1 aromatic heterocycles. The van der Waals surface area contributed by atoms with Gasteiger partial charge in [0.2, 0.25) is 5.91 Å². The van der Waals surface area contributed by atoms with Gasteiger partial charge < -0.3 is 9.47 Å². The van der Waals surface area contributed by atoms with Crippen LogP contribution in [-0.4, -0.2) is 27.4 Å². The topological polar surface area (TPSA) is 38.1 Å². The molecule has 1 heterocycles. The molecule has 4 nitrogen and oxygen atoms in total. The van der Waals surface area contributed by atoms with Crippen LogP contribution in [0.4, 0.5) is 0 Å². The first-order chi connectivity index (χ1) is 9.66. The van der Waals surface area contributed by atoms with Crippen molar-refractivity contribution in [2.75, 3.05) is 7.05 Å². The molecule has 0 spiro atoms. The van der Waals surface area contributed by atoms with Gasteiger partial charge in [0.05, 0.1) is 6.33 Å². The number of imidazole rings is 1. The van der Waals surface area contributed by atoms with Crippen LogP contribution >= 0.6 is 0 Å². The third kappa shape index (κ3) is 3.95. The van der Waals surface area contributed by atoms with Crippen molar-refractivity contribution in [2.24, 2.45) is 0 Å². The Bertz CT molecular complexity index is 549. The summed E-state index contributed by atoms with van der Waals surface area (Å²) in [6, 6.07) is 8.18. The Labute approximate surface area is 120 Å². The maximum absolute atomic E-state index is 12.1. The Morgan fingerprint density at radius 2 is 2.15 bits per heavy atom. The third-order valence-corrected chi connectivity index (χ3v) is 3.46. The third-order valence-electron chi connectivity index (χ3n) is 3.46. The van der Waals surface area contributed by atoms with Crippen molar-refractivity contribution < 1.29 is 4.79 Å². The van der Waals surface area contributed by atoms with Crippen LogP contribution in [0.1, 0.15) is 24.0 Å². The van der Waals surface area contributed by atoms with E-state index in [0.717, 1.165) is 13.0 Å². The molecule has 0 unspecified atom stereocenters. The second-order valence-electron chi connectivity index (χ2n) is 5.08. The van der Waals surface area contributed by atoms with E-state index < -0.39 is 0 Å². The Balaban J connectivity index is 1.79. The molecular weight excluding hydrogens is 250 g/mol. The summed E-state index contributed by atoms with van der Waals surface area (Å²) in [6.07, 6.45) is 6.86. The highest BCUT2D eigenvalue weighted by molar-refractivity contribution is 5.75. The molecule has 0 saturated carbocycles. The van der Waals surface area contributed by atoms with Crippen LogP contribution in [0.15, 0.2) is 43.0 Å². The molecule has 0 bridgehead atoms. The van der Waals surface area contributed by atoms with Gasteiger partial charge in [-0.25, -0.2) is 4.98 Å². The highest BCUT2D eigenvalue weighted by Crippen LogP contribution is 2.10. The van der Waals surface area contributed by atoms with Gasteiger partial charge in [0.15, 0.2) is 0 Å². The minimum Gasteiger partial charge on any atom is -0.341 e. The molecule has 20 heavy (non-hydrogen) atoms. The minimum atomic E-state index is 0.188. The molecule has 0 N–H and O–H groups in total. The first kappa shape index (κ1) is 14.3. The predicted octanol–water partition coefficient (Wildman–Crippen LogP) is 2.63. The minimum absolute atomic E-state index is 0.188. The van der Waals surface area contributed by atoms with Crippen LogP contribution in [0.25, 0.3) is 0 Å². The van der Waals surface area contributed by atoms with Gasteiger partial charge in [-0.05, 0) is 24.5 Å². The van der Waals surface area contributed by atoms with Crippen molar-refractivity contribution >= 4 is 5.91 Å². The SMILES string of the molecule is Cc1ccccc1CN(C)C(=O)CCCn1ccnc1. The highest BCUT2D eigenvalue weighted by atomic mass is 16.2. The molecule has 1 amide bonds. The summed E-state index contributed by atoms with van der Waals surface area (Å²) in [5, 5.41) is 0. The normalized spacial score (nSPS) is 10.5. The van der Waals surface area contributed by atoms with E-state index in [1.165, 1.54) is 11.1 Å². The van der Waals surface area contributed by atoms with Crippen LogP contribution < -0.4 is 0 Å². The fraction of sp³-hybridized carbons (Fsp3) is 0.375. The molecule has 0 atom stereocenters. The number of carbonyl (C=O) groups excluding carboxylic acids is 1. The smallest absolute Gasteiger partial charge is 0.222 e. The van der Waals surface area contributed by atoms with E-state index in [-0.39, 0.29) is 5.91 Å². The number of nitrogens with zero attached hydrogens (tertiary/aromatic N) is 3. The van der Waals surface area contributed by atoms with Gasteiger partial charge in [0, 0.05) is 39.0 Å². The molecule has 1 aromatic carbocycles. The van der Waals surface area contributed by atoms with E-state index in [1.807, 2.05) is 29.9 Å². The van der Waals surface area contributed by atoms with E-state index in [0.29, 0.717) is 13.0 Å². The van der Waals surface area contributed by atoms with Crippen LogP contribution in [0, 0.1) is 6.92 Å². The quantitative estimate of drug-likeness (QED) is 0.810. The standard InChI is InChI=1S/C16H21N3O/c1-14-6-3-4-7-15(14)12-18(2)16(20)8-5-10-19-11-9-17-13-19/h3-4,6-7,9,11,13H,5,8,10,12H2,1-2H3. The van der Waals surface area contributed by atoms with Crippen LogP contribution in [0.2, 0.25) is 0 Å². The van der Waals surface area contributed by atoms with Crippen molar-refractivity contribution in [2.45, 2.75) is 32.9 Å². The van der Waals surface area contributed by atoms with Crippen molar-refractivity contribution in [3.8, 4) is 0 Å². The molecule has 0 radical (unpaired) electrons. The first-order valence-corrected chi connectivity index (χ1v) is 6.91. The van der Waals surface area contributed by atoms with Gasteiger partial charge in [-0.2, -0.15) is 0 Å². The van der Waals surface area contributed by atoms with E-state index in [2.05, 4.69) is 24.0 Å². The van der Waals surface area contributed by atoms with Crippen LogP contribution in [0.3, 0.4) is 0 Å². The molecule has 0 aliphatic heterocycles. The maximum atomic E-state index is 12.1. The lowest BCUT2D eigenvalue weighted by Crippen LogP contribution is -2.26. The largest absolute Gasteiger partial charge is 0.341 e. The Kier molecular flexibility index (Phi) is 4.93. The zero-order valence-electron chi connectivity index (χ0n) is 12.1. The molecule has 0 aliphatic carbocycles. The molecule has 2 rings (SSSR count). The summed E-state index contributed by atoms with van der Waals surface area (Å²) in [5.74, 6) is 0.188. The summed E-state index contributed by atoms with van der Waals surface area (Å²) in [4.78, 5) is 17.9. The number of hydrogen-bond donors (Lipinski definition) is 0. The zero-order chi connectivity index (χ0) is 14.4. The number of carbonyl (C=O) groups is 1. The summed E-state index contributed by atoms with van der Waals surface area (Å²) < 4.78 is 1.99. The second-order valence-corrected chi connectivity index (χ2v) is 5.08. The average Bonchev–Trinajstić information content (AvgIpc) is 2.94. The Morgan fingerprint density at radius 1 is 1.35 bits per heavy atom. The lowest BCUT2D eigenvalue weighted by molar-refractivity contribution is -0.130. The van der Waals surface area contributed by atoms with E-state index in [9.17, 15) is 4.79 Å². The Hall–Kier alpha value is -2.10. The predicted molar refractivity (Wildman–Crippen MR) is 79.1 cm³/mol. The maximum Gasteiger partial charge on any atom is 0.222 e. The summed E-state index contributed by atoms with van der Waals surface area (Å²) in [6.45, 7) is 3.59. The van der Waals surface area contributed by atoms with E-state index in [1.54, 1.807) is 17.4 Å². The molecule has 4 heteroatoms. The van der Waals surface area contributed by atoms with Crippen LogP contribution in [-0.2, 0) is 17.9 Å². The summed E-state index contributed by atoms with van der Waals surface area (Å²) >= 11 is 0. The highest BCUT2D eigenvalue weighted by Gasteiger charge is 2.09. The van der Waals surface area contributed by atoms with Crippen molar-refractivity contribution in [1.29, 1.82) is 0 Å². The monoisotopic (exact) mass is 271 g/mol. The first-order valence-electron chi connectivity index (χ1n) is 6.91. The number of benzene rings is 1. The average molecular weight is 271 g/mol. The van der Waals surface area contributed by atoms with Crippen molar-refractivity contribution in [3.05, 3.63) is 54.1 Å². The lowest BCUT2D eigenvalue weighted by Gasteiger charge is -2.18. The molecular formula is C16H21N3O. The van der Waals surface area contributed by atoms with Gasteiger partial charge in [-0.15, -0.1) is 0 Å². The summed E-state index contributed by atoms with van der Waals surface area (Å²) in [5.41, 5.74) is 2.43. The Morgan fingerprint density at radius 3 is 2.85 bits per heavy atom. The van der Waals surface area contributed by atoms with Gasteiger partial charge in [0.1, 0.15) is 0 Å².